The summed E-state index contributed by atoms with van der Waals surface area (Å²) in [4.78, 5) is 4.47. The Bertz CT molecular complexity index is 858. The molecule has 0 atom stereocenters. The molecule has 2 aromatic carbocycles. The SMILES string of the molecule is Nc1nc2c(ccc3sc4ccccc4c32)s1. The second kappa shape index (κ2) is 3.18. The van der Waals surface area contributed by atoms with Gasteiger partial charge < -0.3 is 5.73 Å². The molecule has 0 spiro atoms. The summed E-state index contributed by atoms with van der Waals surface area (Å²) in [7, 11) is 0. The first-order valence-corrected chi connectivity index (χ1v) is 6.92. The van der Waals surface area contributed by atoms with E-state index in [1.807, 2.05) is 11.3 Å². The lowest BCUT2D eigenvalue weighted by atomic mass is 10.1. The topological polar surface area (TPSA) is 38.9 Å². The molecule has 0 aliphatic rings. The maximum atomic E-state index is 5.81. The van der Waals surface area contributed by atoms with Crippen LogP contribution in [0, 0.1) is 0 Å². The van der Waals surface area contributed by atoms with Crippen molar-refractivity contribution in [3.8, 4) is 0 Å². The number of rotatable bonds is 0. The quantitative estimate of drug-likeness (QED) is 0.511. The molecule has 17 heavy (non-hydrogen) atoms. The highest BCUT2D eigenvalue weighted by Crippen LogP contribution is 2.39. The van der Waals surface area contributed by atoms with Gasteiger partial charge in [0.25, 0.3) is 0 Å². The number of hydrogen-bond donors (Lipinski definition) is 1. The molecule has 4 heteroatoms. The predicted molar refractivity (Wildman–Crippen MR) is 76.9 cm³/mol. The zero-order valence-electron chi connectivity index (χ0n) is 8.81. The Balaban J connectivity index is 2.37. The average molecular weight is 256 g/mol. The van der Waals surface area contributed by atoms with Crippen LogP contribution >= 0.6 is 22.7 Å². The van der Waals surface area contributed by atoms with Crippen LogP contribution in [0.1, 0.15) is 0 Å². The molecule has 0 bridgehead atoms. The van der Waals surface area contributed by atoms with E-state index in [1.165, 1.54) is 24.9 Å². The maximum absolute atomic E-state index is 5.81. The van der Waals surface area contributed by atoms with E-state index in [0.717, 1.165) is 5.52 Å². The molecule has 0 fully saturated rings. The van der Waals surface area contributed by atoms with Crippen LogP contribution in [-0.2, 0) is 0 Å². The number of nitrogen functional groups attached to an aromatic ring is 1. The highest BCUT2D eigenvalue weighted by Gasteiger charge is 2.11. The van der Waals surface area contributed by atoms with Gasteiger partial charge in [-0.2, -0.15) is 0 Å². The molecule has 2 aromatic heterocycles. The average Bonchev–Trinajstić information content (AvgIpc) is 2.87. The van der Waals surface area contributed by atoms with Crippen molar-refractivity contribution in [1.82, 2.24) is 4.98 Å². The summed E-state index contributed by atoms with van der Waals surface area (Å²) in [5.74, 6) is 0. The minimum atomic E-state index is 0.641. The third-order valence-corrected chi connectivity index (χ3v) is 4.90. The van der Waals surface area contributed by atoms with Gasteiger partial charge in [0.15, 0.2) is 5.13 Å². The number of fused-ring (bicyclic) bond motifs is 5. The molecule has 0 aliphatic carbocycles. The predicted octanol–water partition coefficient (Wildman–Crippen LogP) is 4.25. The van der Waals surface area contributed by atoms with Crippen molar-refractivity contribution >= 4 is 58.2 Å². The second-order valence-electron chi connectivity index (χ2n) is 3.94. The van der Waals surface area contributed by atoms with Crippen molar-refractivity contribution in [1.29, 1.82) is 0 Å². The molecule has 2 nitrogen and oxygen atoms in total. The number of thiophene rings is 1. The third kappa shape index (κ3) is 1.22. The van der Waals surface area contributed by atoms with Crippen molar-refractivity contribution in [3.05, 3.63) is 36.4 Å². The number of thiazole rings is 1. The molecule has 0 saturated heterocycles. The zero-order chi connectivity index (χ0) is 11.4. The van der Waals surface area contributed by atoms with Crippen molar-refractivity contribution in [2.24, 2.45) is 0 Å². The fourth-order valence-corrected chi connectivity index (χ4v) is 4.07. The Labute approximate surface area is 105 Å². The standard InChI is InChI=1S/C13H8N2S2/c14-13-15-12-10(17-13)6-5-9-11(12)7-3-1-2-4-8(7)16-9/h1-6H,(H2,14,15). The van der Waals surface area contributed by atoms with E-state index in [9.17, 15) is 0 Å². The monoisotopic (exact) mass is 256 g/mol. The van der Waals surface area contributed by atoms with E-state index in [0.29, 0.717) is 5.13 Å². The first-order valence-electron chi connectivity index (χ1n) is 5.29. The Morgan fingerprint density at radius 1 is 0.882 bits per heavy atom. The van der Waals surface area contributed by atoms with Crippen LogP contribution in [0.3, 0.4) is 0 Å². The Morgan fingerprint density at radius 3 is 2.65 bits per heavy atom. The Hall–Kier alpha value is -1.65. The van der Waals surface area contributed by atoms with Gasteiger partial charge in [0.05, 0.1) is 10.2 Å². The fraction of sp³-hybridized carbons (Fsp3) is 0. The molecule has 2 heterocycles. The fourth-order valence-electron chi connectivity index (χ4n) is 2.22. The van der Waals surface area contributed by atoms with Crippen LogP contribution < -0.4 is 5.73 Å². The van der Waals surface area contributed by atoms with E-state index >= 15 is 0 Å². The number of anilines is 1. The first kappa shape index (κ1) is 9.39. The number of nitrogens with two attached hydrogens (primary N) is 1. The van der Waals surface area contributed by atoms with Gasteiger partial charge in [-0.1, -0.05) is 29.5 Å². The summed E-state index contributed by atoms with van der Waals surface area (Å²) in [6.45, 7) is 0. The van der Waals surface area contributed by atoms with E-state index in [-0.39, 0.29) is 0 Å². The third-order valence-electron chi connectivity index (χ3n) is 2.92. The van der Waals surface area contributed by atoms with E-state index < -0.39 is 0 Å². The number of benzene rings is 2. The second-order valence-corrected chi connectivity index (χ2v) is 6.08. The molecular weight excluding hydrogens is 248 g/mol. The molecule has 4 aromatic rings. The van der Waals surface area contributed by atoms with Crippen LogP contribution in [0.5, 0.6) is 0 Å². The molecule has 0 amide bonds. The van der Waals surface area contributed by atoms with Crippen molar-refractivity contribution in [2.45, 2.75) is 0 Å². The number of nitrogens with zero attached hydrogens (tertiary/aromatic N) is 1. The van der Waals surface area contributed by atoms with Crippen LogP contribution in [0.4, 0.5) is 5.13 Å². The number of aromatic nitrogens is 1. The maximum Gasteiger partial charge on any atom is 0.181 e. The summed E-state index contributed by atoms with van der Waals surface area (Å²) >= 11 is 3.36. The van der Waals surface area contributed by atoms with Gasteiger partial charge in [0.2, 0.25) is 0 Å². The van der Waals surface area contributed by atoms with Crippen LogP contribution in [0.15, 0.2) is 36.4 Å². The highest BCUT2D eigenvalue weighted by atomic mass is 32.1. The summed E-state index contributed by atoms with van der Waals surface area (Å²) in [6, 6.07) is 12.7. The summed E-state index contributed by atoms with van der Waals surface area (Å²) in [5.41, 5.74) is 6.85. The van der Waals surface area contributed by atoms with Gasteiger partial charge in [0, 0.05) is 20.2 Å². The molecule has 82 valence electrons. The molecule has 4 rings (SSSR count). The van der Waals surface area contributed by atoms with Gasteiger partial charge in [-0.05, 0) is 18.2 Å². The molecule has 0 unspecified atom stereocenters. The van der Waals surface area contributed by atoms with Crippen LogP contribution in [0.2, 0.25) is 0 Å². The molecule has 0 aliphatic heterocycles. The van der Waals surface area contributed by atoms with Gasteiger partial charge in [-0.15, -0.1) is 11.3 Å². The summed E-state index contributed by atoms with van der Waals surface area (Å²) in [5, 5.41) is 3.17. The van der Waals surface area contributed by atoms with E-state index in [1.54, 1.807) is 11.3 Å². The Kier molecular flexibility index (Phi) is 1.76. The van der Waals surface area contributed by atoms with Gasteiger partial charge >= 0.3 is 0 Å². The number of hydrogen-bond acceptors (Lipinski definition) is 4. The molecular formula is C13H8N2S2. The zero-order valence-corrected chi connectivity index (χ0v) is 10.4. The molecule has 0 saturated carbocycles. The minimum absolute atomic E-state index is 0.641. The lowest BCUT2D eigenvalue weighted by Crippen LogP contribution is -1.79. The smallest absolute Gasteiger partial charge is 0.181 e. The highest BCUT2D eigenvalue weighted by molar-refractivity contribution is 7.26. The Morgan fingerprint density at radius 2 is 1.71 bits per heavy atom. The van der Waals surface area contributed by atoms with Crippen molar-refractivity contribution in [2.75, 3.05) is 5.73 Å². The molecule has 2 N–H and O–H groups in total. The largest absolute Gasteiger partial charge is 0.375 e. The lowest BCUT2D eigenvalue weighted by molar-refractivity contribution is 1.52. The first-order chi connectivity index (χ1) is 8.33. The van der Waals surface area contributed by atoms with Crippen molar-refractivity contribution < 1.29 is 0 Å². The summed E-state index contributed by atoms with van der Waals surface area (Å²) in [6.07, 6.45) is 0. The normalized spacial score (nSPS) is 11.8. The molecule has 0 radical (unpaired) electrons. The lowest BCUT2D eigenvalue weighted by Gasteiger charge is -1.92. The van der Waals surface area contributed by atoms with Gasteiger partial charge in [-0.3, -0.25) is 0 Å². The van der Waals surface area contributed by atoms with E-state index in [4.69, 9.17) is 5.73 Å². The van der Waals surface area contributed by atoms with Crippen LogP contribution in [0.25, 0.3) is 30.4 Å². The van der Waals surface area contributed by atoms with Crippen molar-refractivity contribution in [3.63, 3.8) is 0 Å². The minimum Gasteiger partial charge on any atom is -0.375 e. The van der Waals surface area contributed by atoms with Gasteiger partial charge in [-0.25, -0.2) is 4.98 Å². The summed E-state index contributed by atoms with van der Waals surface area (Å²) < 4.78 is 3.75. The van der Waals surface area contributed by atoms with Crippen LogP contribution in [-0.4, -0.2) is 4.98 Å². The van der Waals surface area contributed by atoms with Gasteiger partial charge in [0.1, 0.15) is 0 Å². The van der Waals surface area contributed by atoms with E-state index in [2.05, 4.69) is 41.4 Å².